The Morgan fingerprint density at radius 3 is 2.57 bits per heavy atom. The van der Waals surface area contributed by atoms with Gasteiger partial charge in [0.2, 0.25) is 0 Å². The Kier molecular flexibility index (Phi) is 7.93. The average molecular weight is 258 g/mol. The minimum Gasteiger partial charge on any atom is -0.321 e. The first-order valence-corrected chi connectivity index (χ1v) is 4.59. The van der Waals surface area contributed by atoms with Crippen molar-refractivity contribution in [1.82, 2.24) is 4.98 Å². The van der Waals surface area contributed by atoms with Crippen LogP contribution in [0.3, 0.4) is 0 Å². The van der Waals surface area contributed by atoms with Crippen LogP contribution in [-0.2, 0) is 0 Å². The summed E-state index contributed by atoms with van der Waals surface area (Å²) in [6.07, 6.45) is 1.82. The maximum Gasteiger partial charge on any atom is 1.00 e. The Bertz CT molecular complexity index is 379. The molecule has 0 aliphatic rings. The largest absolute Gasteiger partial charge is 1.00 e. The van der Waals surface area contributed by atoms with Gasteiger partial charge in [0.25, 0.3) is 0 Å². The number of hydrogen-bond donors (Lipinski definition) is 0. The molecule has 1 nitrogen and oxygen atoms in total. The van der Waals surface area contributed by atoms with Crippen LogP contribution in [0.25, 0.3) is 10.9 Å². The van der Waals surface area contributed by atoms with E-state index in [1.807, 2.05) is 44.3 Å². The van der Waals surface area contributed by atoms with E-state index in [1.54, 1.807) is 0 Å². The molecule has 1 heterocycles. The summed E-state index contributed by atoms with van der Waals surface area (Å²) < 4.78 is 0. The van der Waals surface area contributed by atoms with E-state index in [-0.39, 0.29) is 58.2 Å². The van der Waals surface area contributed by atoms with Crippen molar-refractivity contribution in [2.45, 2.75) is 20.8 Å². The molecule has 0 aliphatic carbocycles. The zero-order valence-corrected chi connectivity index (χ0v) is 14.3. The molecule has 0 radical (unpaired) electrons. The van der Waals surface area contributed by atoms with Crippen molar-refractivity contribution in [2.75, 3.05) is 0 Å². The van der Waals surface area contributed by atoms with Crippen LogP contribution in [-0.4, -0.2) is 4.98 Å². The second-order valence-corrected chi connectivity index (χ2v) is 2.57. The molecule has 0 amide bonds. The SMILES string of the molecule is CC.Cc1ccnc2c[c-]ccc12.[Rb+]. The summed E-state index contributed by atoms with van der Waals surface area (Å²) in [5, 5.41) is 1.21. The topological polar surface area (TPSA) is 12.9 Å². The molecule has 0 bridgehead atoms. The second kappa shape index (κ2) is 7.69. The van der Waals surface area contributed by atoms with Gasteiger partial charge in [0, 0.05) is 6.20 Å². The number of fused-ring (bicyclic) bond motifs is 1. The number of hydrogen-bond acceptors (Lipinski definition) is 1. The van der Waals surface area contributed by atoms with Crippen LogP contribution in [0.4, 0.5) is 0 Å². The van der Waals surface area contributed by atoms with Crippen LogP contribution in [0.5, 0.6) is 0 Å². The number of rotatable bonds is 0. The molecule has 0 N–H and O–H groups in total. The molecule has 0 fully saturated rings. The van der Waals surface area contributed by atoms with Crippen molar-refractivity contribution >= 4 is 10.9 Å². The van der Waals surface area contributed by atoms with E-state index in [0.717, 1.165) is 5.52 Å². The predicted octanol–water partition coefficient (Wildman–Crippen LogP) is 0.374. The summed E-state index contributed by atoms with van der Waals surface area (Å²) in [6.45, 7) is 6.09. The molecule has 0 aliphatic heterocycles. The fourth-order valence-corrected chi connectivity index (χ4v) is 1.18. The van der Waals surface area contributed by atoms with Crippen LogP contribution < -0.4 is 58.2 Å². The standard InChI is InChI=1S/C10H8N.C2H6.Rb/c1-8-6-7-11-10-5-3-2-4-9(8)10;1-2;/h2,4-7H,1H3;1-2H3;/q-1;;+1. The maximum atomic E-state index is 4.21. The predicted molar refractivity (Wildman–Crippen MR) is 56.7 cm³/mol. The first kappa shape index (κ1) is 14.4. The zero-order valence-electron chi connectivity index (χ0n) is 9.33. The van der Waals surface area contributed by atoms with Crippen LogP contribution >= 0.6 is 0 Å². The first-order valence-electron chi connectivity index (χ1n) is 4.59. The molecule has 0 spiro atoms. The summed E-state index contributed by atoms with van der Waals surface area (Å²) in [6, 6.07) is 10.9. The van der Waals surface area contributed by atoms with E-state index in [4.69, 9.17) is 0 Å². The molecular formula is C12H14NRb. The van der Waals surface area contributed by atoms with E-state index in [1.165, 1.54) is 10.9 Å². The Labute approximate surface area is 135 Å². The van der Waals surface area contributed by atoms with Gasteiger partial charge in [-0.25, -0.2) is 0 Å². The fourth-order valence-electron chi connectivity index (χ4n) is 1.18. The maximum absolute atomic E-state index is 4.21. The molecule has 2 heteroatoms. The summed E-state index contributed by atoms with van der Waals surface area (Å²) in [7, 11) is 0. The molecule has 1 aromatic heterocycles. The van der Waals surface area contributed by atoms with Gasteiger partial charge < -0.3 is 4.98 Å². The van der Waals surface area contributed by atoms with Crippen molar-refractivity contribution < 1.29 is 58.2 Å². The zero-order chi connectivity index (χ0) is 9.68. The monoisotopic (exact) mass is 257 g/mol. The smallest absolute Gasteiger partial charge is 0.321 e. The van der Waals surface area contributed by atoms with Gasteiger partial charge in [-0.2, -0.15) is 24.3 Å². The summed E-state index contributed by atoms with van der Waals surface area (Å²) >= 11 is 0. The molecule has 1 aromatic carbocycles. The minimum absolute atomic E-state index is 0. The van der Waals surface area contributed by atoms with Crippen molar-refractivity contribution in [3.05, 3.63) is 42.1 Å². The van der Waals surface area contributed by atoms with Crippen LogP contribution in [0.1, 0.15) is 19.4 Å². The van der Waals surface area contributed by atoms with Gasteiger partial charge in [-0.1, -0.05) is 19.4 Å². The van der Waals surface area contributed by atoms with Crippen molar-refractivity contribution in [3.63, 3.8) is 0 Å². The van der Waals surface area contributed by atoms with Gasteiger partial charge >= 0.3 is 58.2 Å². The van der Waals surface area contributed by atoms with E-state index < -0.39 is 0 Å². The van der Waals surface area contributed by atoms with Crippen molar-refractivity contribution in [3.8, 4) is 0 Å². The molecule has 0 unspecified atom stereocenters. The molecule has 0 saturated carbocycles. The number of pyridine rings is 1. The summed E-state index contributed by atoms with van der Waals surface area (Å²) in [4.78, 5) is 4.21. The van der Waals surface area contributed by atoms with Crippen molar-refractivity contribution in [2.24, 2.45) is 0 Å². The molecular weight excluding hydrogens is 244 g/mol. The van der Waals surface area contributed by atoms with Crippen LogP contribution in [0, 0.1) is 13.0 Å². The quantitative estimate of drug-likeness (QED) is 0.622. The molecule has 0 atom stereocenters. The number of aryl methyl sites for hydroxylation is 1. The van der Waals surface area contributed by atoms with E-state index in [2.05, 4.69) is 18.0 Å². The Morgan fingerprint density at radius 1 is 1.21 bits per heavy atom. The summed E-state index contributed by atoms with van der Waals surface area (Å²) in [5.41, 5.74) is 2.29. The Hall–Kier alpha value is 0.435. The second-order valence-electron chi connectivity index (χ2n) is 2.57. The van der Waals surface area contributed by atoms with Gasteiger partial charge in [0.15, 0.2) is 0 Å². The van der Waals surface area contributed by atoms with Crippen molar-refractivity contribution in [1.29, 1.82) is 0 Å². The van der Waals surface area contributed by atoms with Gasteiger partial charge in [0.05, 0.1) is 0 Å². The number of aromatic nitrogens is 1. The Morgan fingerprint density at radius 2 is 1.93 bits per heavy atom. The van der Waals surface area contributed by atoms with Gasteiger partial charge in [0.1, 0.15) is 0 Å². The van der Waals surface area contributed by atoms with E-state index in [9.17, 15) is 0 Å². The number of nitrogens with zero attached hydrogens (tertiary/aromatic N) is 1. The minimum atomic E-state index is 0. The third kappa shape index (κ3) is 3.54. The normalized spacial score (nSPS) is 8.50. The molecule has 2 aromatic rings. The van der Waals surface area contributed by atoms with E-state index >= 15 is 0 Å². The van der Waals surface area contributed by atoms with Gasteiger partial charge in [-0.3, -0.25) is 0 Å². The third-order valence-electron chi connectivity index (χ3n) is 1.81. The fraction of sp³-hybridized carbons (Fsp3) is 0.250. The molecule has 68 valence electrons. The van der Waals surface area contributed by atoms with Gasteiger partial charge in [-0.15, -0.1) is 5.39 Å². The first-order chi connectivity index (χ1) is 6.38. The van der Waals surface area contributed by atoms with E-state index in [0.29, 0.717) is 0 Å². The van der Waals surface area contributed by atoms with Crippen LogP contribution in [0.2, 0.25) is 0 Å². The molecule has 2 rings (SSSR count). The third-order valence-corrected chi connectivity index (χ3v) is 1.81. The molecule has 0 saturated heterocycles. The average Bonchev–Trinajstić information content (AvgIpc) is 2.22. The number of benzene rings is 1. The van der Waals surface area contributed by atoms with Crippen LogP contribution in [0.15, 0.2) is 30.5 Å². The van der Waals surface area contributed by atoms with Gasteiger partial charge in [-0.05, 0) is 18.5 Å². The Balaban J connectivity index is 0.000000531. The summed E-state index contributed by atoms with van der Waals surface area (Å²) in [5.74, 6) is 0. The molecule has 14 heavy (non-hydrogen) atoms.